The largest absolute Gasteiger partial charge is 0.468 e. The lowest BCUT2D eigenvalue weighted by molar-refractivity contribution is -0.398. The highest BCUT2D eigenvalue weighted by Gasteiger charge is 2.82. The first-order chi connectivity index (χ1) is 12.3. The van der Waals surface area contributed by atoms with Gasteiger partial charge in [0.05, 0.1) is 24.5 Å². The second-order valence-electron chi connectivity index (χ2n) is 8.80. The maximum Gasteiger partial charge on any atom is 0.318 e. The van der Waals surface area contributed by atoms with E-state index >= 15 is 0 Å². The van der Waals surface area contributed by atoms with E-state index in [4.69, 9.17) is 13.9 Å². The zero-order valence-corrected chi connectivity index (χ0v) is 14.3. The van der Waals surface area contributed by atoms with Gasteiger partial charge in [-0.1, -0.05) is 0 Å². The van der Waals surface area contributed by atoms with Crippen molar-refractivity contribution < 1.29 is 33.7 Å². The molecule has 0 unspecified atom stereocenters. The third-order valence-corrected chi connectivity index (χ3v) is 8.12. The molecular formula is C19H20O7. The van der Waals surface area contributed by atoms with Gasteiger partial charge in [0, 0.05) is 30.1 Å². The van der Waals surface area contributed by atoms with Gasteiger partial charge in [0.25, 0.3) is 0 Å². The number of hydrogen-bond donors (Lipinski definition) is 2. The SMILES string of the molecule is C[C@]12C(=O)O[C@@H]3C[C@H]4c5occc5C(=O)C[C@H]4[C@@]4(CO[C@]1(O)C[C@@H]4O)[C@@H]32. The van der Waals surface area contributed by atoms with E-state index in [1.807, 2.05) is 0 Å². The summed E-state index contributed by atoms with van der Waals surface area (Å²) < 4.78 is 17.2. The predicted octanol–water partition coefficient (Wildman–Crippen LogP) is 0.987. The quantitative estimate of drug-likeness (QED) is 0.665. The second-order valence-corrected chi connectivity index (χ2v) is 8.80. The van der Waals surface area contributed by atoms with Crippen LogP contribution in [-0.2, 0) is 14.3 Å². The molecule has 1 spiro atoms. The first kappa shape index (κ1) is 15.4. The molecule has 1 aromatic rings. The number of fused-ring (bicyclic) bond motifs is 5. The monoisotopic (exact) mass is 360 g/mol. The Morgan fingerprint density at radius 1 is 1.31 bits per heavy atom. The van der Waals surface area contributed by atoms with Gasteiger partial charge in [-0.05, 0) is 25.3 Å². The van der Waals surface area contributed by atoms with Crippen LogP contribution in [0.1, 0.15) is 48.2 Å². The molecule has 3 aliphatic carbocycles. The summed E-state index contributed by atoms with van der Waals surface area (Å²) in [6.45, 7) is 1.80. The molecule has 7 heteroatoms. The molecule has 26 heavy (non-hydrogen) atoms. The van der Waals surface area contributed by atoms with E-state index in [9.17, 15) is 19.8 Å². The highest BCUT2D eigenvalue weighted by Crippen LogP contribution is 2.73. The van der Waals surface area contributed by atoms with Crippen molar-refractivity contribution in [3.05, 3.63) is 23.7 Å². The van der Waals surface area contributed by atoms with Crippen molar-refractivity contribution in [3.8, 4) is 0 Å². The number of esters is 1. The van der Waals surface area contributed by atoms with Crippen LogP contribution in [0, 0.1) is 22.7 Å². The number of Topliss-reactive ketones (excluding diaryl/α,β-unsaturated/α-hetero) is 1. The normalized spacial score (nSPS) is 53.7. The molecule has 2 bridgehead atoms. The first-order valence-corrected chi connectivity index (χ1v) is 9.19. The molecule has 7 rings (SSSR count). The van der Waals surface area contributed by atoms with E-state index in [0.29, 0.717) is 17.7 Å². The van der Waals surface area contributed by atoms with Crippen LogP contribution in [0.15, 0.2) is 16.7 Å². The van der Waals surface area contributed by atoms with Gasteiger partial charge < -0.3 is 24.1 Å². The molecule has 0 radical (unpaired) electrons. The van der Waals surface area contributed by atoms with Crippen LogP contribution < -0.4 is 0 Å². The summed E-state index contributed by atoms with van der Waals surface area (Å²) in [6.07, 6.45) is 0.995. The van der Waals surface area contributed by atoms with Crippen LogP contribution >= 0.6 is 0 Å². The molecule has 1 aromatic heterocycles. The Hall–Kier alpha value is -1.70. The third-order valence-electron chi connectivity index (χ3n) is 8.12. The first-order valence-electron chi connectivity index (χ1n) is 9.19. The summed E-state index contributed by atoms with van der Waals surface area (Å²) in [5, 5.41) is 22.1. The lowest BCUT2D eigenvalue weighted by atomic mass is 9.40. The molecule has 3 saturated heterocycles. The van der Waals surface area contributed by atoms with Gasteiger partial charge in [-0.2, -0.15) is 0 Å². The zero-order valence-electron chi connectivity index (χ0n) is 14.3. The lowest BCUT2D eigenvalue weighted by Gasteiger charge is -2.67. The number of carbonyl (C=O) groups is 2. The van der Waals surface area contributed by atoms with Gasteiger partial charge in [0.1, 0.15) is 17.3 Å². The Bertz CT molecular complexity index is 860. The summed E-state index contributed by atoms with van der Waals surface area (Å²) in [6, 6.07) is 1.69. The van der Waals surface area contributed by atoms with Crippen molar-refractivity contribution in [2.75, 3.05) is 6.61 Å². The number of furan rings is 1. The number of ether oxygens (including phenoxy) is 2. The van der Waals surface area contributed by atoms with Crippen LogP contribution in [-0.4, -0.2) is 46.6 Å². The molecule has 7 nitrogen and oxygen atoms in total. The Kier molecular flexibility index (Phi) is 2.50. The summed E-state index contributed by atoms with van der Waals surface area (Å²) in [4.78, 5) is 25.5. The molecule has 5 fully saturated rings. The minimum Gasteiger partial charge on any atom is -0.468 e. The summed E-state index contributed by atoms with van der Waals surface area (Å²) in [7, 11) is 0. The minimum absolute atomic E-state index is 0.00613. The number of aliphatic hydroxyl groups is 2. The highest BCUT2D eigenvalue weighted by atomic mass is 16.6. The van der Waals surface area contributed by atoms with E-state index in [1.165, 1.54) is 6.26 Å². The van der Waals surface area contributed by atoms with E-state index in [-0.39, 0.29) is 43.0 Å². The highest BCUT2D eigenvalue weighted by molar-refractivity contribution is 5.98. The van der Waals surface area contributed by atoms with Crippen LogP contribution in [0.25, 0.3) is 0 Å². The van der Waals surface area contributed by atoms with Gasteiger partial charge in [-0.3, -0.25) is 9.59 Å². The van der Waals surface area contributed by atoms with Gasteiger partial charge >= 0.3 is 5.97 Å². The Labute approximate surface area is 149 Å². The molecule has 6 aliphatic rings. The fraction of sp³-hybridized carbons (Fsp3) is 0.684. The zero-order chi connectivity index (χ0) is 18.1. The van der Waals surface area contributed by atoms with Crippen molar-refractivity contribution in [3.63, 3.8) is 0 Å². The number of carbonyl (C=O) groups excluding carboxylic acids is 2. The third kappa shape index (κ3) is 1.33. The fourth-order valence-electron chi connectivity index (χ4n) is 6.95. The van der Waals surface area contributed by atoms with Crippen LogP contribution in [0.5, 0.6) is 0 Å². The maximum atomic E-state index is 12.8. The average Bonchev–Trinajstić information content (AvgIpc) is 3.17. The number of ketones is 1. The Morgan fingerprint density at radius 2 is 2.12 bits per heavy atom. The summed E-state index contributed by atoms with van der Waals surface area (Å²) >= 11 is 0. The number of aliphatic hydroxyl groups excluding tert-OH is 1. The number of rotatable bonds is 0. The van der Waals surface area contributed by atoms with E-state index in [1.54, 1.807) is 13.0 Å². The van der Waals surface area contributed by atoms with Crippen molar-refractivity contribution in [1.29, 1.82) is 0 Å². The molecule has 8 atom stereocenters. The Morgan fingerprint density at radius 3 is 2.88 bits per heavy atom. The molecule has 0 aromatic carbocycles. The van der Waals surface area contributed by atoms with Crippen LogP contribution in [0.2, 0.25) is 0 Å². The summed E-state index contributed by atoms with van der Waals surface area (Å²) in [5.74, 6) is -2.28. The van der Waals surface area contributed by atoms with Gasteiger partial charge in [0.15, 0.2) is 11.6 Å². The van der Waals surface area contributed by atoms with Crippen molar-refractivity contribution in [2.24, 2.45) is 22.7 Å². The lowest BCUT2D eigenvalue weighted by Crippen LogP contribution is -2.77. The van der Waals surface area contributed by atoms with Gasteiger partial charge in [0.2, 0.25) is 0 Å². The Balaban J connectivity index is 1.59. The molecule has 3 aliphatic heterocycles. The van der Waals surface area contributed by atoms with Crippen LogP contribution in [0.3, 0.4) is 0 Å². The van der Waals surface area contributed by atoms with Crippen LogP contribution in [0.4, 0.5) is 0 Å². The van der Waals surface area contributed by atoms with Gasteiger partial charge in [-0.15, -0.1) is 0 Å². The van der Waals surface area contributed by atoms with Gasteiger partial charge in [-0.25, -0.2) is 0 Å². The predicted molar refractivity (Wildman–Crippen MR) is 83.9 cm³/mol. The van der Waals surface area contributed by atoms with Crippen molar-refractivity contribution in [2.45, 2.75) is 50.1 Å². The van der Waals surface area contributed by atoms with E-state index in [0.717, 1.165) is 0 Å². The maximum absolute atomic E-state index is 12.8. The molecule has 2 saturated carbocycles. The molecule has 0 amide bonds. The molecular weight excluding hydrogens is 340 g/mol. The molecule has 4 heterocycles. The molecule has 2 N–H and O–H groups in total. The van der Waals surface area contributed by atoms with Crippen molar-refractivity contribution in [1.82, 2.24) is 0 Å². The average molecular weight is 360 g/mol. The van der Waals surface area contributed by atoms with Crippen molar-refractivity contribution >= 4 is 11.8 Å². The topological polar surface area (TPSA) is 106 Å². The smallest absolute Gasteiger partial charge is 0.318 e. The summed E-state index contributed by atoms with van der Waals surface area (Å²) in [5.41, 5.74) is -1.45. The number of hydrogen-bond acceptors (Lipinski definition) is 7. The van der Waals surface area contributed by atoms with E-state index in [2.05, 4.69) is 0 Å². The standard InChI is InChI=1S/C19H20O7/c1-17-15-12(26-16(17)22)4-9-10(5-11(20)8-2-3-24-14(8)9)18(15)7-25-19(17,23)6-13(18)21/h2-3,9-10,12-13,15,21,23H,4-7H2,1H3/t9-,10-,12-,13+,15+,17+,18-,19-/m1/s1. The molecule has 138 valence electrons. The second kappa shape index (κ2) is 4.24. The minimum atomic E-state index is -1.73. The van der Waals surface area contributed by atoms with E-state index < -0.39 is 34.8 Å². The fourth-order valence-corrected chi connectivity index (χ4v) is 6.95.